The third-order valence-corrected chi connectivity index (χ3v) is 5.41. The third-order valence-electron chi connectivity index (χ3n) is 5.41. The molecule has 3 heteroatoms. The molecule has 0 bridgehead atoms. The van der Waals surface area contributed by atoms with Gasteiger partial charge in [-0.25, -0.2) is 0 Å². The molecule has 148 valence electrons. The summed E-state index contributed by atoms with van der Waals surface area (Å²) in [5, 5.41) is 4.40. The number of anilines is 1. The molecule has 1 N–H and O–H groups in total. The number of para-hydroxylation sites is 1. The Balaban J connectivity index is 1.86. The molecule has 3 rings (SSSR count). The van der Waals surface area contributed by atoms with E-state index in [0.29, 0.717) is 24.3 Å². The highest BCUT2D eigenvalue weighted by molar-refractivity contribution is 5.94. The maximum atomic E-state index is 12.9. The minimum absolute atomic E-state index is 0.0143. The monoisotopic (exact) mass is 376 g/mol. The number of nitrogens with one attached hydrogen (secondary N) is 1. The highest BCUT2D eigenvalue weighted by Gasteiger charge is 2.16. The topological polar surface area (TPSA) is 34.0 Å². The van der Waals surface area contributed by atoms with Crippen molar-refractivity contribution in [1.82, 2.24) is 4.57 Å². The molecule has 0 fully saturated rings. The fourth-order valence-electron chi connectivity index (χ4n) is 3.74. The molecule has 1 heterocycles. The van der Waals surface area contributed by atoms with E-state index < -0.39 is 0 Å². The Morgan fingerprint density at radius 1 is 0.893 bits per heavy atom. The van der Waals surface area contributed by atoms with Gasteiger partial charge in [0.25, 0.3) is 0 Å². The normalized spacial score (nSPS) is 11.8. The Morgan fingerprint density at radius 3 is 2.11 bits per heavy atom. The summed E-state index contributed by atoms with van der Waals surface area (Å²) in [4.78, 5) is 12.9. The number of aromatic nitrogens is 1. The van der Waals surface area contributed by atoms with Gasteiger partial charge >= 0.3 is 0 Å². The molecule has 0 saturated carbocycles. The lowest BCUT2D eigenvalue weighted by Crippen LogP contribution is -2.20. The van der Waals surface area contributed by atoms with E-state index in [-0.39, 0.29) is 5.91 Å². The zero-order valence-electron chi connectivity index (χ0n) is 17.9. The van der Waals surface area contributed by atoms with Crippen LogP contribution in [0, 0.1) is 0 Å². The molecule has 0 saturated heterocycles. The van der Waals surface area contributed by atoms with Gasteiger partial charge in [-0.15, -0.1) is 0 Å². The summed E-state index contributed by atoms with van der Waals surface area (Å²) in [7, 11) is 0. The Bertz CT molecular complexity index is 953. The molecule has 3 nitrogen and oxygen atoms in total. The van der Waals surface area contributed by atoms with Crippen molar-refractivity contribution in [3.8, 4) is 0 Å². The quantitative estimate of drug-likeness (QED) is 0.513. The average molecular weight is 377 g/mol. The van der Waals surface area contributed by atoms with Gasteiger partial charge < -0.3 is 9.88 Å². The highest BCUT2D eigenvalue weighted by Crippen LogP contribution is 2.32. The number of hydrogen-bond donors (Lipinski definition) is 1. The molecule has 0 radical (unpaired) electrons. The van der Waals surface area contributed by atoms with E-state index in [9.17, 15) is 4.79 Å². The van der Waals surface area contributed by atoms with Crippen LogP contribution in [0.2, 0.25) is 0 Å². The first-order chi connectivity index (χ1) is 13.3. The molecule has 0 aliphatic carbocycles. The van der Waals surface area contributed by atoms with Gasteiger partial charge in [-0.1, -0.05) is 65.8 Å². The van der Waals surface area contributed by atoms with Crippen molar-refractivity contribution < 1.29 is 4.79 Å². The van der Waals surface area contributed by atoms with Crippen molar-refractivity contribution in [3.63, 3.8) is 0 Å². The zero-order valence-corrected chi connectivity index (χ0v) is 17.9. The molecule has 0 atom stereocenters. The van der Waals surface area contributed by atoms with Crippen LogP contribution < -0.4 is 5.32 Å². The number of carbonyl (C=O) groups excluding carboxylic acids is 1. The summed E-state index contributed by atoms with van der Waals surface area (Å²) in [6.07, 6.45) is 2.01. The van der Waals surface area contributed by atoms with Crippen LogP contribution in [0.25, 0.3) is 10.9 Å². The van der Waals surface area contributed by atoms with Crippen molar-refractivity contribution in [2.24, 2.45) is 0 Å². The maximum Gasteiger partial charge on any atom is 0.244 e. The van der Waals surface area contributed by atoms with E-state index in [1.165, 1.54) is 22.1 Å². The Kier molecular flexibility index (Phi) is 5.93. The van der Waals surface area contributed by atoms with Crippen molar-refractivity contribution in [2.45, 2.75) is 65.8 Å². The van der Waals surface area contributed by atoms with Gasteiger partial charge in [-0.2, -0.15) is 0 Å². The van der Waals surface area contributed by atoms with E-state index >= 15 is 0 Å². The molecule has 0 aliphatic rings. The standard InChI is InChI=1S/C25H32N2O/c1-16(2)19-10-11-23-20(14-19)12-13-27(23)15-24(28)26-25-21(17(3)4)8-7-9-22(25)18(5)6/h7-14,16-18H,15H2,1-6H3,(H,26,28). The van der Waals surface area contributed by atoms with Gasteiger partial charge in [0.15, 0.2) is 0 Å². The summed E-state index contributed by atoms with van der Waals surface area (Å²) in [5.74, 6) is 1.23. The van der Waals surface area contributed by atoms with Crippen LogP contribution in [0.1, 0.15) is 76.0 Å². The second-order valence-electron chi connectivity index (χ2n) is 8.59. The molecule has 0 spiro atoms. The van der Waals surface area contributed by atoms with Crippen molar-refractivity contribution in [3.05, 3.63) is 65.4 Å². The number of hydrogen-bond acceptors (Lipinski definition) is 1. The fourth-order valence-corrected chi connectivity index (χ4v) is 3.74. The van der Waals surface area contributed by atoms with Crippen molar-refractivity contribution in [1.29, 1.82) is 0 Å². The van der Waals surface area contributed by atoms with E-state index in [1.807, 2.05) is 10.8 Å². The van der Waals surface area contributed by atoms with Crippen LogP contribution in [0.3, 0.4) is 0 Å². The zero-order chi connectivity index (χ0) is 20.4. The minimum Gasteiger partial charge on any atom is -0.338 e. The number of nitrogens with zero attached hydrogens (tertiary/aromatic N) is 1. The summed E-state index contributed by atoms with van der Waals surface area (Å²) in [6, 6.07) is 14.9. The van der Waals surface area contributed by atoms with Gasteiger partial charge in [0.1, 0.15) is 6.54 Å². The van der Waals surface area contributed by atoms with E-state index in [0.717, 1.165) is 11.2 Å². The predicted molar refractivity (Wildman–Crippen MR) is 119 cm³/mol. The summed E-state index contributed by atoms with van der Waals surface area (Å²) in [5.41, 5.74) is 5.79. The van der Waals surface area contributed by atoms with Crippen LogP contribution >= 0.6 is 0 Å². The lowest BCUT2D eigenvalue weighted by atomic mass is 9.92. The second-order valence-corrected chi connectivity index (χ2v) is 8.59. The van der Waals surface area contributed by atoms with Crippen LogP contribution in [0.15, 0.2) is 48.7 Å². The van der Waals surface area contributed by atoms with Crippen LogP contribution in [-0.4, -0.2) is 10.5 Å². The molecule has 3 aromatic rings. The number of carbonyl (C=O) groups is 1. The fraction of sp³-hybridized carbons (Fsp3) is 0.400. The summed E-state index contributed by atoms with van der Waals surface area (Å²) in [6.45, 7) is 13.4. The highest BCUT2D eigenvalue weighted by atomic mass is 16.1. The van der Waals surface area contributed by atoms with Crippen molar-refractivity contribution >= 4 is 22.5 Å². The summed E-state index contributed by atoms with van der Waals surface area (Å²) < 4.78 is 2.03. The maximum absolute atomic E-state index is 12.9. The van der Waals surface area contributed by atoms with Gasteiger partial charge in [0.2, 0.25) is 5.91 Å². The smallest absolute Gasteiger partial charge is 0.244 e. The predicted octanol–water partition coefficient (Wildman–Crippen LogP) is 6.65. The van der Waals surface area contributed by atoms with Gasteiger partial charge in [-0.05, 0) is 58.0 Å². The second kappa shape index (κ2) is 8.22. The number of rotatable bonds is 6. The van der Waals surface area contributed by atoms with Gasteiger partial charge in [0, 0.05) is 17.4 Å². The Hall–Kier alpha value is -2.55. The van der Waals surface area contributed by atoms with E-state index in [2.05, 4.69) is 89.3 Å². The third kappa shape index (κ3) is 4.14. The SMILES string of the molecule is CC(C)c1ccc2c(ccn2CC(=O)Nc2c(C(C)C)cccc2C(C)C)c1. The molecule has 28 heavy (non-hydrogen) atoms. The number of benzene rings is 2. The molecule has 1 aromatic heterocycles. The van der Waals surface area contributed by atoms with Gasteiger partial charge in [0.05, 0.1) is 0 Å². The van der Waals surface area contributed by atoms with E-state index in [1.54, 1.807) is 0 Å². The number of amides is 1. The molecule has 2 aromatic carbocycles. The van der Waals surface area contributed by atoms with Crippen molar-refractivity contribution in [2.75, 3.05) is 5.32 Å². The Morgan fingerprint density at radius 2 is 1.54 bits per heavy atom. The average Bonchev–Trinajstić information content (AvgIpc) is 3.03. The first-order valence-electron chi connectivity index (χ1n) is 10.3. The lowest BCUT2D eigenvalue weighted by Gasteiger charge is -2.20. The molecular weight excluding hydrogens is 344 g/mol. The van der Waals surface area contributed by atoms with Crippen LogP contribution in [-0.2, 0) is 11.3 Å². The lowest BCUT2D eigenvalue weighted by molar-refractivity contribution is -0.116. The van der Waals surface area contributed by atoms with Crippen LogP contribution in [0.4, 0.5) is 5.69 Å². The first-order valence-corrected chi connectivity index (χ1v) is 10.3. The van der Waals surface area contributed by atoms with Crippen LogP contribution in [0.5, 0.6) is 0 Å². The molecule has 0 aliphatic heterocycles. The Labute approximate surface area is 168 Å². The largest absolute Gasteiger partial charge is 0.338 e. The minimum atomic E-state index is 0.0143. The first kappa shape index (κ1) is 20.2. The molecule has 0 unspecified atom stereocenters. The van der Waals surface area contributed by atoms with E-state index in [4.69, 9.17) is 0 Å². The molecule has 1 amide bonds. The molecular formula is C25H32N2O. The number of fused-ring (bicyclic) bond motifs is 1. The summed E-state index contributed by atoms with van der Waals surface area (Å²) >= 11 is 0. The van der Waals surface area contributed by atoms with Gasteiger partial charge in [-0.3, -0.25) is 4.79 Å².